The van der Waals surface area contributed by atoms with Crippen molar-refractivity contribution in [3.8, 4) is 5.75 Å². The summed E-state index contributed by atoms with van der Waals surface area (Å²) in [6.45, 7) is 0. The molecular formula is C13H11FN4O4. The van der Waals surface area contributed by atoms with Crippen LogP contribution in [0.15, 0.2) is 30.6 Å². The van der Waals surface area contributed by atoms with E-state index in [1.165, 1.54) is 25.6 Å². The van der Waals surface area contributed by atoms with Gasteiger partial charge in [-0.25, -0.2) is 4.39 Å². The van der Waals surface area contributed by atoms with E-state index in [9.17, 15) is 19.3 Å². The van der Waals surface area contributed by atoms with Gasteiger partial charge in [-0.1, -0.05) is 0 Å². The first-order valence-electron chi connectivity index (χ1n) is 5.96. The van der Waals surface area contributed by atoms with Gasteiger partial charge in [0.05, 0.1) is 29.9 Å². The van der Waals surface area contributed by atoms with Crippen LogP contribution < -0.4 is 15.8 Å². The lowest BCUT2D eigenvalue weighted by Gasteiger charge is -2.10. The van der Waals surface area contributed by atoms with Crippen LogP contribution in [-0.4, -0.2) is 22.9 Å². The zero-order chi connectivity index (χ0) is 16.3. The second-order valence-electron chi connectivity index (χ2n) is 4.17. The Balaban J connectivity index is 2.40. The van der Waals surface area contributed by atoms with Gasteiger partial charge in [-0.2, -0.15) is 0 Å². The Bertz CT molecular complexity index is 751. The number of ether oxygens (including phenoxy) is 1. The number of benzene rings is 1. The maximum Gasteiger partial charge on any atom is 0.295 e. The van der Waals surface area contributed by atoms with Crippen molar-refractivity contribution in [1.82, 2.24) is 4.98 Å². The number of methoxy groups -OCH3 is 1. The fourth-order valence-corrected chi connectivity index (χ4v) is 1.79. The minimum absolute atomic E-state index is 0.223. The van der Waals surface area contributed by atoms with Gasteiger partial charge in [0, 0.05) is 12.3 Å². The average Bonchev–Trinajstić information content (AvgIpc) is 2.49. The smallest absolute Gasteiger partial charge is 0.295 e. The molecule has 0 radical (unpaired) electrons. The second kappa shape index (κ2) is 6.04. The fourth-order valence-electron chi connectivity index (χ4n) is 1.79. The van der Waals surface area contributed by atoms with Crippen LogP contribution in [0, 0.1) is 15.9 Å². The highest BCUT2D eigenvalue weighted by atomic mass is 19.1. The summed E-state index contributed by atoms with van der Waals surface area (Å²) in [5.74, 6) is -1.43. The van der Waals surface area contributed by atoms with E-state index in [2.05, 4.69) is 10.3 Å². The van der Waals surface area contributed by atoms with Crippen molar-refractivity contribution in [3.05, 3.63) is 52.1 Å². The summed E-state index contributed by atoms with van der Waals surface area (Å²) < 4.78 is 18.5. The van der Waals surface area contributed by atoms with Crippen LogP contribution in [0.5, 0.6) is 5.75 Å². The van der Waals surface area contributed by atoms with Crippen molar-refractivity contribution in [3.63, 3.8) is 0 Å². The van der Waals surface area contributed by atoms with E-state index in [-0.39, 0.29) is 11.3 Å². The third kappa shape index (κ3) is 2.92. The topological polar surface area (TPSA) is 120 Å². The predicted molar refractivity (Wildman–Crippen MR) is 76.2 cm³/mol. The molecule has 0 saturated carbocycles. The van der Waals surface area contributed by atoms with Crippen LogP contribution in [0.3, 0.4) is 0 Å². The molecule has 0 unspecified atom stereocenters. The number of nitro benzene ring substituents is 1. The van der Waals surface area contributed by atoms with Crippen LogP contribution >= 0.6 is 0 Å². The molecule has 1 heterocycles. The van der Waals surface area contributed by atoms with Crippen LogP contribution in [0.25, 0.3) is 0 Å². The van der Waals surface area contributed by atoms with E-state index in [0.717, 1.165) is 6.07 Å². The third-order valence-electron chi connectivity index (χ3n) is 2.81. The summed E-state index contributed by atoms with van der Waals surface area (Å²) in [5, 5.41) is 13.2. The number of aromatic nitrogens is 1. The van der Waals surface area contributed by atoms with Gasteiger partial charge in [-0.15, -0.1) is 0 Å². The second-order valence-corrected chi connectivity index (χ2v) is 4.17. The summed E-state index contributed by atoms with van der Waals surface area (Å²) >= 11 is 0. The molecule has 1 aromatic heterocycles. The number of halogens is 1. The Kier molecular flexibility index (Phi) is 4.16. The molecule has 1 aromatic carbocycles. The molecule has 1 amide bonds. The number of rotatable bonds is 4. The number of hydrogen-bond acceptors (Lipinski definition) is 6. The van der Waals surface area contributed by atoms with Gasteiger partial charge in [0.25, 0.3) is 11.6 Å². The van der Waals surface area contributed by atoms with Gasteiger partial charge in [-0.05, 0) is 6.07 Å². The largest absolute Gasteiger partial charge is 0.494 e. The molecule has 3 N–H and O–H groups in total. The van der Waals surface area contributed by atoms with Crippen molar-refractivity contribution in [1.29, 1.82) is 0 Å². The highest BCUT2D eigenvalue weighted by Gasteiger charge is 2.22. The number of anilines is 2. The number of pyridine rings is 1. The summed E-state index contributed by atoms with van der Waals surface area (Å²) in [6.07, 6.45) is 2.77. The van der Waals surface area contributed by atoms with Crippen LogP contribution in [-0.2, 0) is 0 Å². The standard InChI is InChI=1S/C13H11FN4O4/c1-22-11-2-3-16-6-9(11)17-13(19)8-4-7(14)5-10(12(8)15)18(20)21/h2-6H,15H2,1H3,(H,17,19). The number of amides is 1. The zero-order valence-corrected chi connectivity index (χ0v) is 11.4. The number of carbonyl (C=O) groups is 1. The van der Waals surface area contributed by atoms with Gasteiger partial charge < -0.3 is 15.8 Å². The minimum atomic E-state index is -0.941. The molecule has 2 aromatic rings. The SMILES string of the molecule is COc1ccncc1NC(=O)c1cc(F)cc([N+](=O)[O-])c1N. The first-order chi connectivity index (χ1) is 10.4. The molecule has 0 aliphatic rings. The average molecular weight is 306 g/mol. The highest BCUT2D eigenvalue weighted by molar-refractivity contribution is 6.09. The molecule has 0 spiro atoms. The monoisotopic (exact) mass is 306 g/mol. The van der Waals surface area contributed by atoms with Crippen molar-refractivity contribution in [2.24, 2.45) is 0 Å². The number of nitro groups is 1. The molecule has 2 rings (SSSR count). The lowest BCUT2D eigenvalue weighted by molar-refractivity contribution is -0.384. The van der Waals surface area contributed by atoms with E-state index in [1.807, 2.05) is 0 Å². The number of nitrogens with two attached hydrogens (primary N) is 1. The van der Waals surface area contributed by atoms with Crippen LogP contribution in [0.2, 0.25) is 0 Å². The number of carbonyl (C=O) groups excluding carboxylic acids is 1. The Morgan fingerprint density at radius 1 is 1.50 bits per heavy atom. The van der Waals surface area contributed by atoms with Gasteiger partial charge in [0.2, 0.25) is 0 Å². The zero-order valence-electron chi connectivity index (χ0n) is 11.4. The van der Waals surface area contributed by atoms with E-state index >= 15 is 0 Å². The molecular weight excluding hydrogens is 295 g/mol. The Morgan fingerprint density at radius 2 is 2.23 bits per heavy atom. The number of nitrogens with zero attached hydrogens (tertiary/aromatic N) is 2. The van der Waals surface area contributed by atoms with E-state index in [0.29, 0.717) is 11.8 Å². The minimum Gasteiger partial charge on any atom is -0.494 e. The maximum atomic E-state index is 13.4. The maximum absolute atomic E-state index is 13.4. The third-order valence-corrected chi connectivity index (χ3v) is 2.81. The first kappa shape index (κ1) is 15.2. The number of nitrogens with one attached hydrogen (secondary N) is 1. The van der Waals surface area contributed by atoms with Crippen molar-refractivity contribution >= 4 is 23.0 Å². The van der Waals surface area contributed by atoms with Gasteiger partial charge in [-0.3, -0.25) is 19.9 Å². The van der Waals surface area contributed by atoms with Gasteiger partial charge in [0.15, 0.2) is 0 Å². The lowest BCUT2D eigenvalue weighted by Crippen LogP contribution is -2.16. The van der Waals surface area contributed by atoms with Crippen molar-refractivity contribution in [2.75, 3.05) is 18.2 Å². The molecule has 114 valence electrons. The van der Waals surface area contributed by atoms with E-state index in [4.69, 9.17) is 10.5 Å². The molecule has 22 heavy (non-hydrogen) atoms. The summed E-state index contributed by atoms with van der Waals surface area (Å²) in [5.41, 5.74) is 4.33. The van der Waals surface area contributed by atoms with Gasteiger partial charge in [0.1, 0.15) is 22.9 Å². The molecule has 0 aliphatic heterocycles. The summed E-state index contributed by atoms with van der Waals surface area (Å²) in [6, 6.07) is 2.98. The van der Waals surface area contributed by atoms with Crippen molar-refractivity contribution < 1.29 is 18.8 Å². The number of hydrogen-bond donors (Lipinski definition) is 2. The Morgan fingerprint density at radius 3 is 2.86 bits per heavy atom. The molecule has 0 aliphatic carbocycles. The molecule has 8 nitrogen and oxygen atoms in total. The van der Waals surface area contributed by atoms with Crippen molar-refractivity contribution in [2.45, 2.75) is 0 Å². The summed E-state index contributed by atoms with van der Waals surface area (Å²) in [4.78, 5) is 25.9. The summed E-state index contributed by atoms with van der Waals surface area (Å²) in [7, 11) is 1.40. The molecule has 9 heteroatoms. The lowest BCUT2D eigenvalue weighted by atomic mass is 10.1. The molecule has 0 bridgehead atoms. The predicted octanol–water partition coefficient (Wildman–Crippen LogP) is 1.97. The van der Waals surface area contributed by atoms with Crippen LogP contribution in [0.1, 0.15) is 10.4 Å². The fraction of sp³-hybridized carbons (Fsp3) is 0.0769. The normalized spacial score (nSPS) is 10.1. The Labute approximate surface area is 123 Å². The van der Waals surface area contributed by atoms with E-state index < -0.39 is 28.0 Å². The molecule has 0 fully saturated rings. The quantitative estimate of drug-likeness (QED) is 0.506. The first-order valence-corrected chi connectivity index (χ1v) is 5.96. The van der Waals surface area contributed by atoms with E-state index in [1.54, 1.807) is 0 Å². The van der Waals surface area contributed by atoms with Gasteiger partial charge >= 0.3 is 0 Å². The molecule has 0 saturated heterocycles. The molecule has 0 atom stereocenters. The van der Waals surface area contributed by atoms with Crippen LogP contribution in [0.4, 0.5) is 21.5 Å². The Hall–Kier alpha value is -3.23. The highest BCUT2D eigenvalue weighted by Crippen LogP contribution is 2.28. The number of nitrogen functional groups attached to an aromatic ring is 1.